The largest absolute Gasteiger partial charge is 0.441 e. The Labute approximate surface area is 55.9 Å². The number of rotatable bonds is 2. The van der Waals surface area contributed by atoms with Crippen molar-refractivity contribution in [2.75, 3.05) is 0 Å². The lowest BCUT2D eigenvalue weighted by molar-refractivity contribution is 0.137. The van der Waals surface area contributed by atoms with Gasteiger partial charge in [-0.05, 0) is 0 Å². The van der Waals surface area contributed by atoms with E-state index in [1.54, 1.807) is 0 Å². The van der Waals surface area contributed by atoms with Crippen molar-refractivity contribution in [3.8, 4) is 0 Å². The van der Waals surface area contributed by atoms with Gasteiger partial charge in [0.05, 0.1) is 6.20 Å². The topological polar surface area (TPSA) is 91.2 Å². The summed E-state index contributed by atoms with van der Waals surface area (Å²) in [7, 11) is 0. The molecule has 1 heterocycles. The average molecular weight is 143 g/mol. The molecule has 0 spiro atoms. The van der Waals surface area contributed by atoms with Gasteiger partial charge in [0.15, 0.2) is 12.4 Å². The van der Waals surface area contributed by atoms with Crippen LogP contribution < -0.4 is 5.73 Å². The zero-order valence-corrected chi connectivity index (χ0v) is 4.98. The normalized spacial score (nSPS) is 9.20. The van der Waals surface area contributed by atoms with Crippen molar-refractivity contribution in [1.82, 2.24) is 10.4 Å². The molecule has 0 aliphatic carbocycles. The lowest BCUT2D eigenvalue weighted by atomic mass is 10.6. The lowest BCUT2D eigenvalue weighted by Crippen LogP contribution is -2.12. The van der Waals surface area contributed by atoms with Gasteiger partial charge in [0.25, 0.3) is 0 Å². The molecule has 0 bridgehead atoms. The fourth-order valence-electron chi connectivity index (χ4n) is 0.393. The maximum absolute atomic E-state index is 10.0. The second kappa shape index (κ2) is 2.81. The molecule has 0 fully saturated rings. The molecule has 1 aromatic rings. The van der Waals surface area contributed by atoms with Crippen LogP contribution in [0.1, 0.15) is 5.76 Å². The molecule has 2 N–H and O–H groups in total. The van der Waals surface area contributed by atoms with Crippen LogP contribution in [0.25, 0.3) is 0 Å². The first-order chi connectivity index (χ1) is 4.79. The first kappa shape index (κ1) is 6.53. The van der Waals surface area contributed by atoms with Crippen molar-refractivity contribution < 1.29 is 14.1 Å². The van der Waals surface area contributed by atoms with Crippen molar-refractivity contribution in [1.29, 1.82) is 0 Å². The Morgan fingerprint density at radius 3 is 3.20 bits per heavy atom. The average Bonchev–Trinajstić information content (AvgIpc) is 2.34. The van der Waals surface area contributed by atoms with E-state index in [1.165, 1.54) is 6.20 Å². The van der Waals surface area contributed by atoms with Crippen LogP contribution in [-0.2, 0) is 11.3 Å². The minimum atomic E-state index is -0.851. The van der Waals surface area contributed by atoms with E-state index in [2.05, 4.69) is 25.4 Å². The second-order valence-corrected chi connectivity index (χ2v) is 1.49. The van der Waals surface area contributed by atoms with Crippen LogP contribution >= 0.6 is 0 Å². The van der Waals surface area contributed by atoms with E-state index in [4.69, 9.17) is 0 Å². The smallest absolute Gasteiger partial charge is 0.404 e. The van der Waals surface area contributed by atoms with Crippen molar-refractivity contribution in [3.63, 3.8) is 0 Å². The van der Waals surface area contributed by atoms with Crippen LogP contribution in [0.4, 0.5) is 4.79 Å². The van der Waals surface area contributed by atoms with E-state index in [1.807, 2.05) is 0 Å². The molecular formula is C4H5N3O3. The van der Waals surface area contributed by atoms with Crippen molar-refractivity contribution in [2.45, 2.75) is 6.61 Å². The summed E-state index contributed by atoms with van der Waals surface area (Å²) in [4.78, 5) is 10.0. The van der Waals surface area contributed by atoms with Gasteiger partial charge in [-0.3, -0.25) is 0 Å². The summed E-state index contributed by atoms with van der Waals surface area (Å²) in [6, 6.07) is 0. The number of nitrogens with two attached hydrogens (primary N) is 1. The van der Waals surface area contributed by atoms with Crippen molar-refractivity contribution >= 4 is 6.09 Å². The third-order valence-corrected chi connectivity index (χ3v) is 0.764. The molecule has 0 aliphatic rings. The van der Waals surface area contributed by atoms with E-state index < -0.39 is 6.09 Å². The summed E-state index contributed by atoms with van der Waals surface area (Å²) in [5.41, 5.74) is 4.67. The second-order valence-electron chi connectivity index (χ2n) is 1.49. The molecule has 0 saturated heterocycles. The number of hydrogen-bond donors (Lipinski definition) is 1. The van der Waals surface area contributed by atoms with E-state index in [-0.39, 0.29) is 6.61 Å². The maximum atomic E-state index is 10.0. The molecule has 0 radical (unpaired) electrons. The van der Waals surface area contributed by atoms with Gasteiger partial charge in [0.2, 0.25) is 0 Å². The molecular weight excluding hydrogens is 138 g/mol. The van der Waals surface area contributed by atoms with Crippen LogP contribution in [0.15, 0.2) is 10.7 Å². The summed E-state index contributed by atoms with van der Waals surface area (Å²) in [5.74, 6) is 0.360. The monoisotopic (exact) mass is 143 g/mol. The van der Waals surface area contributed by atoms with Gasteiger partial charge >= 0.3 is 6.09 Å². The number of hydrogen-bond acceptors (Lipinski definition) is 5. The van der Waals surface area contributed by atoms with E-state index >= 15 is 0 Å². The van der Waals surface area contributed by atoms with E-state index in [9.17, 15) is 4.79 Å². The molecule has 10 heavy (non-hydrogen) atoms. The van der Waals surface area contributed by atoms with Crippen molar-refractivity contribution in [2.24, 2.45) is 5.73 Å². The van der Waals surface area contributed by atoms with Crippen LogP contribution in [0.5, 0.6) is 0 Å². The minimum absolute atomic E-state index is 0.0255. The Morgan fingerprint density at radius 1 is 1.90 bits per heavy atom. The summed E-state index contributed by atoms with van der Waals surface area (Å²) in [5, 5.41) is 6.49. The highest BCUT2D eigenvalue weighted by molar-refractivity contribution is 5.64. The van der Waals surface area contributed by atoms with Gasteiger partial charge in [-0.25, -0.2) is 4.79 Å². The Bertz CT molecular complexity index is 208. The van der Waals surface area contributed by atoms with Gasteiger partial charge in [0.1, 0.15) is 0 Å². The highest BCUT2D eigenvalue weighted by atomic mass is 16.6. The van der Waals surface area contributed by atoms with E-state index in [0.717, 1.165) is 0 Å². The molecule has 0 atom stereocenters. The number of aromatic nitrogens is 2. The number of nitrogens with zero attached hydrogens (tertiary/aromatic N) is 2. The molecule has 0 unspecified atom stereocenters. The molecule has 0 aliphatic heterocycles. The number of primary amides is 1. The Kier molecular flexibility index (Phi) is 1.83. The zero-order chi connectivity index (χ0) is 7.40. The van der Waals surface area contributed by atoms with Gasteiger partial charge in [-0.15, -0.1) is 5.10 Å². The SMILES string of the molecule is NC(=O)OCc1cnno1. The van der Waals surface area contributed by atoms with Crippen LogP contribution in [0, 0.1) is 0 Å². The first-order valence-electron chi connectivity index (χ1n) is 2.47. The van der Waals surface area contributed by atoms with Crippen molar-refractivity contribution in [3.05, 3.63) is 12.0 Å². The zero-order valence-electron chi connectivity index (χ0n) is 4.98. The maximum Gasteiger partial charge on any atom is 0.404 e. The number of carbonyl (C=O) groups is 1. The van der Waals surface area contributed by atoms with Gasteiger partial charge in [0, 0.05) is 5.27 Å². The number of amides is 1. The first-order valence-corrected chi connectivity index (χ1v) is 2.47. The summed E-state index contributed by atoms with van der Waals surface area (Å²) < 4.78 is 8.84. The fourth-order valence-corrected chi connectivity index (χ4v) is 0.393. The fraction of sp³-hybridized carbons (Fsp3) is 0.250. The summed E-state index contributed by atoms with van der Waals surface area (Å²) in [6.07, 6.45) is 0.486. The standard InChI is InChI=1S/C4H5N3O3/c5-4(8)9-2-3-1-6-7-10-3/h1H,2H2,(H2,5,8). The highest BCUT2D eigenvalue weighted by Crippen LogP contribution is 1.95. The quantitative estimate of drug-likeness (QED) is 0.611. The molecule has 1 aromatic heterocycles. The van der Waals surface area contributed by atoms with Crippen LogP contribution in [0.3, 0.4) is 0 Å². The van der Waals surface area contributed by atoms with Crippen LogP contribution in [0.2, 0.25) is 0 Å². The van der Waals surface area contributed by atoms with Gasteiger partial charge < -0.3 is 15.0 Å². The highest BCUT2D eigenvalue weighted by Gasteiger charge is 1.99. The Balaban J connectivity index is 2.35. The number of carbonyl (C=O) groups excluding carboxylic acids is 1. The molecule has 1 rings (SSSR count). The van der Waals surface area contributed by atoms with Gasteiger partial charge in [-0.1, -0.05) is 0 Å². The minimum Gasteiger partial charge on any atom is -0.441 e. The molecule has 0 saturated carbocycles. The molecule has 6 heteroatoms. The third kappa shape index (κ3) is 1.73. The molecule has 1 amide bonds. The van der Waals surface area contributed by atoms with Crippen LogP contribution in [-0.4, -0.2) is 16.5 Å². The number of ether oxygens (including phenoxy) is 1. The Morgan fingerprint density at radius 2 is 2.70 bits per heavy atom. The summed E-state index contributed by atoms with van der Waals surface area (Å²) in [6.45, 7) is -0.0255. The predicted molar refractivity (Wildman–Crippen MR) is 28.7 cm³/mol. The molecule has 6 nitrogen and oxygen atoms in total. The summed E-state index contributed by atoms with van der Waals surface area (Å²) >= 11 is 0. The molecule has 0 aromatic carbocycles. The third-order valence-electron chi connectivity index (χ3n) is 0.764. The predicted octanol–water partition coefficient (Wildman–Crippen LogP) is -0.335. The van der Waals surface area contributed by atoms with Gasteiger partial charge in [-0.2, -0.15) is 0 Å². The lowest BCUT2D eigenvalue weighted by Gasteiger charge is -1.93. The van der Waals surface area contributed by atoms with E-state index in [0.29, 0.717) is 5.76 Å². The Hall–Kier alpha value is -1.59. The molecule has 54 valence electrons.